The van der Waals surface area contributed by atoms with Gasteiger partial charge in [0.2, 0.25) is 11.8 Å². The van der Waals surface area contributed by atoms with Gasteiger partial charge in [0.25, 0.3) is 0 Å². The Kier molecular flexibility index (Phi) is 4.55. The quantitative estimate of drug-likeness (QED) is 0.909. The highest BCUT2D eigenvalue weighted by molar-refractivity contribution is 5.16. The number of benzene rings is 1. The lowest BCUT2D eigenvalue weighted by Gasteiger charge is -2.31. The van der Waals surface area contributed by atoms with Crippen molar-refractivity contribution in [2.24, 2.45) is 5.41 Å². The maximum absolute atomic E-state index is 5.41. The summed E-state index contributed by atoms with van der Waals surface area (Å²) in [5.41, 5.74) is 1.49. The van der Waals surface area contributed by atoms with Gasteiger partial charge >= 0.3 is 0 Å². The monoisotopic (exact) mass is 273 g/mol. The first-order valence-corrected chi connectivity index (χ1v) is 7.01. The molecule has 0 radical (unpaired) electrons. The van der Waals surface area contributed by atoms with E-state index in [0.29, 0.717) is 24.4 Å². The van der Waals surface area contributed by atoms with Crippen LogP contribution < -0.4 is 5.32 Å². The molecule has 0 saturated carbocycles. The number of hydrogen-bond donors (Lipinski definition) is 1. The van der Waals surface area contributed by atoms with Gasteiger partial charge in [-0.15, -0.1) is 10.2 Å². The number of nitrogens with one attached hydrogen (secondary N) is 1. The van der Waals surface area contributed by atoms with Crippen molar-refractivity contribution < 1.29 is 4.42 Å². The first-order chi connectivity index (χ1) is 9.45. The second-order valence-corrected chi connectivity index (χ2v) is 6.20. The first-order valence-electron chi connectivity index (χ1n) is 7.01. The van der Waals surface area contributed by atoms with Gasteiger partial charge in [0.15, 0.2) is 0 Å². The van der Waals surface area contributed by atoms with E-state index in [1.54, 1.807) is 0 Å². The van der Waals surface area contributed by atoms with Crippen molar-refractivity contribution in [3.8, 4) is 0 Å². The maximum atomic E-state index is 5.41. The second-order valence-electron chi connectivity index (χ2n) is 6.20. The molecule has 20 heavy (non-hydrogen) atoms. The Labute approximate surface area is 120 Å². The molecule has 1 unspecified atom stereocenters. The molecule has 0 amide bonds. The second kappa shape index (κ2) is 6.18. The molecule has 0 aliphatic carbocycles. The van der Waals surface area contributed by atoms with E-state index in [0.717, 1.165) is 6.42 Å². The van der Waals surface area contributed by atoms with Crippen molar-refractivity contribution >= 4 is 0 Å². The summed E-state index contributed by atoms with van der Waals surface area (Å²) in [6.45, 7) is 9.14. The highest BCUT2D eigenvalue weighted by Gasteiger charge is 2.24. The minimum absolute atomic E-state index is 0.158. The smallest absolute Gasteiger partial charge is 0.230 e. The SMILES string of the molecule is Cc1nnc(CNC(Cc2ccccc2)C(C)(C)C)o1. The van der Waals surface area contributed by atoms with Crippen molar-refractivity contribution in [2.75, 3.05) is 0 Å². The predicted octanol–water partition coefficient (Wildman–Crippen LogP) is 3.13. The molecule has 4 nitrogen and oxygen atoms in total. The lowest BCUT2D eigenvalue weighted by Crippen LogP contribution is -2.41. The summed E-state index contributed by atoms with van der Waals surface area (Å²) in [5, 5.41) is 11.4. The van der Waals surface area contributed by atoms with E-state index < -0.39 is 0 Å². The van der Waals surface area contributed by atoms with Gasteiger partial charge < -0.3 is 9.73 Å². The lowest BCUT2D eigenvalue weighted by atomic mass is 9.83. The summed E-state index contributed by atoms with van der Waals surface area (Å²) >= 11 is 0. The molecule has 1 N–H and O–H groups in total. The van der Waals surface area contributed by atoms with Gasteiger partial charge in [0.05, 0.1) is 6.54 Å². The van der Waals surface area contributed by atoms with Gasteiger partial charge in [-0.2, -0.15) is 0 Å². The normalized spacial score (nSPS) is 13.4. The van der Waals surface area contributed by atoms with E-state index in [1.165, 1.54) is 5.56 Å². The molecule has 0 fully saturated rings. The van der Waals surface area contributed by atoms with Crippen LogP contribution in [0.25, 0.3) is 0 Å². The fraction of sp³-hybridized carbons (Fsp3) is 0.500. The van der Waals surface area contributed by atoms with Gasteiger partial charge in [-0.1, -0.05) is 51.1 Å². The van der Waals surface area contributed by atoms with Crippen molar-refractivity contribution in [3.05, 3.63) is 47.7 Å². The highest BCUT2D eigenvalue weighted by Crippen LogP contribution is 2.23. The third-order valence-corrected chi connectivity index (χ3v) is 3.40. The van der Waals surface area contributed by atoms with Crippen LogP contribution in [0.2, 0.25) is 0 Å². The molecule has 0 bridgehead atoms. The Morgan fingerprint density at radius 1 is 1.15 bits per heavy atom. The van der Waals surface area contributed by atoms with Crippen LogP contribution in [0.1, 0.15) is 38.1 Å². The molecule has 0 aliphatic rings. The summed E-state index contributed by atoms with van der Waals surface area (Å²) in [5.74, 6) is 1.25. The molecular weight excluding hydrogens is 250 g/mol. The van der Waals surface area contributed by atoms with Gasteiger partial charge in [-0.3, -0.25) is 0 Å². The minimum Gasteiger partial charge on any atom is -0.424 e. The third kappa shape index (κ3) is 4.17. The summed E-state index contributed by atoms with van der Waals surface area (Å²) < 4.78 is 5.41. The van der Waals surface area contributed by atoms with E-state index >= 15 is 0 Å². The fourth-order valence-electron chi connectivity index (χ4n) is 2.15. The molecule has 108 valence electrons. The number of hydrogen-bond acceptors (Lipinski definition) is 4. The summed E-state index contributed by atoms with van der Waals surface area (Å²) in [6.07, 6.45) is 0.984. The molecule has 2 aromatic rings. The molecule has 1 aromatic heterocycles. The molecule has 4 heteroatoms. The van der Waals surface area contributed by atoms with E-state index in [4.69, 9.17) is 4.42 Å². The van der Waals surface area contributed by atoms with Crippen LogP contribution in [0.5, 0.6) is 0 Å². The van der Waals surface area contributed by atoms with Crippen molar-refractivity contribution in [2.45, 2.75) is 46.7 Å². The zero-order valence-corrected chi connectivity index (χ0v) is 12.7. The van der Waals surface area contributed by atoms with Gasteiger partial charge in [0.1, 0.15) is 0 Å². The highest BCUT2D eigenvalue weighted by atomic mass is 16.4. The van der Waals surface area contributed by atoms with Crippen molar-refractivity contribution in [3.63, 3.8) is 0 Å². The van der Waals surface area contributed by atoms with Crippen LogP contribution in [0, 0.1) is 12.3 Å². The number of rotatable bonds is 5. The molecule has 0 saturated heterocycles. The predicted molar refractivity (Wildman–Crippen MR) is 79.3 cm³/mol. The summed E-state index contributed by atoms with van der Waals surface area (Å²) in [6, 6.07) is 10.9. The molecule has 0 spiro atoms. The first kappa shape index (κ1) is 14.7. The average molecular weight is 273 g/mol. The van der Waals surface area contributed by atoms with Gasteiger partial charge in [-0.05, 0) is 17.4 Å². The number of aromatic nitrogens is 2. The van der Waals surface area contributed by atoms with Crippen LogP contribution in [0.15, 0.2) is 34.7 Å². The molecular formula is C16H23N3O. The minimum atomic E-state index is 0.158. The third-order valence-electron chi connectivity index (χ3n) is 3.40. The van der Waals surface area contributed by atoms with E-state index in [1.807, 2.05) is 13.0 Å². The fourth-order valence-corrected chi connectivity index (χ4v) is 2.15. The molecule has 0 aliphatic heterocycles. The van der Waals surface area contributed by atoms with Gasteiger partial charge in [0, 0.05) is 13.0 Å². The van der Waals surface area contributed by atoms with Crippen LogP contribution >= 0.6 is 0 Å². The zero-order valence-electron chi connectivity index (χ0n) is 12.7. The van der Waals surface area contributed by atoms with Crippen molar-refractivity contribution in [1.29, 1.82) is 0 Å². The maximum Gasteiger partial charge on any atom is 0.230 e. The molecule has 1 atom stereocenters. The van der Waals surface area contributed by atoms with Crippen LogP contribution in [-0.4, -0.2) is 16.2 Å². The van der Waals surface area contributed by atoms with Crippen LogP contribution in [0.3, 0.4) is 0 Å². The Balaban J connectivity index is 2.01. The largest absolute Gasteiger partial charge is 0.424 e. The lowest BCUT2D eigenvalue weighted by molar-refractivity contribution is 0.256. The zero-order chi connectivity index (χ0) is 14.6. The van der Waals surface area contributed by atoms with E-state index in [2.05, 4.69) is 60.6 Å². The number of nitrogens with zero attached hydrogens (tertiary/aromatic N) is 2. The Morgan fingerprint density at radius 3 is 2.40 bits per heavy atom. The summed E-state index contributed by atoms with van der Waals surface area (Å²) in [4.78, 5) is 0. The Hall–Kier alpha value is -1.68. The summed E-state index contributed by atoms with van der Waals surface area (Å²) in [7, 11) is 0. The van der Waals surface area contributed by atoms with E-state index in [9.17, 15) is 0 Å². The topological polar surface area (TPSA) is 51.0 Å². The molecule has 1 heterocycles. The number of aryl methyl sites for hydroxylation is 1. The average Bonchev–Trinajstić information content (AvgIpc) is 2.80. The van der Waals surface area contributed by atoms with Crippen LogP contribution in [-0.2, 0) is 13.0 Å². The van der Waals surface area contributed by atoms with E-state index in [-0.39, 0.29) is 5.41 Å². The van der Waals surface area contributed by atoms with Gasteiger partial charge in [-0.25, -0.2) is 0 Å². The molecule has 2 rings (SSSR count). The van der Waals surface area contributed by atoms with Crippen molar-refractivity contribution in [1.82, 2.24) is 15.5 Å². The van der Waals surface area contributed by atoms with Crippen LogP contribution in [0.4, 0.5) is 0 Å². The molecule has 1 aromatic carbocycles. The Morgan fingerprint density at radius 2 is 1.85 bits per heavy atom. The Bertz CT molecular complexity index is 528. The standard InChI is InChI=1S/C16H23N3O/c1-12-18-19-15(20-12)11-17-14(16(2,3)4)10-13-8-6-5-7-9-13/h5-9,14,17H,10-11H2,1-4H3.